The summed E-state index contributed by atoms with van der Waals surface area (Å²) in [6.07, 6.45) is 3.67. The summed E-state index contributed by atoms with van der Waals surface area (Å²) < 4.78 is 8.58. The Hall–Kier alpha value is -1.36. The molecule has 1 heterocycles. The van der Waals surface area contributed by atoms with E-state index in [-0.39, 0.29) is 6.54 Å². The molecule has 72 valence electrons. The Bertz CT molecular complexity index is 306. The van der Waals surface area contributed by atoms with Crippen LogP contribution in [0.4, 0.5) is 0 Å². The normalized spacial score (nSPS) is 10.1. The van der Waals surface area contributed by atoms with Crippen LogP contribution in [0.5, 0.6) is 6.01 Å². The lowest BCUT2D eigenvalue weighted by Gasteiger charge is -1.99. The van der Waals surface area contributed by atoms with E-state index in [0.29, 0.717) is 6.01 Å². The number of ether oxygens (including phenoxy) is 1. The van der Waals surface area contributed by atoms with Gasteiger partial charge in [0.1, 0.15) is 12.4 Å². The van der Waals surface area contributed by atoms with Crippen molar-refractivity contribution >= 4 is 5.97 Å². The van der Waals surface area contributed by atoms with Gasteiger partial charge in [-0.25, -0.2) is 0 Å². The first-order chi connectivity index (χ1) is 6.19. The Morgan fingerprint density at radius 2 is 2.46 bits per heavy atom. The number of nitrogens with zero attached hydrogens (tertiary/aromatic N) is 2. The minimum absolute atomic E-state index is 0.102. The van der Waals surface area contributed by atoms with Gasteiger partial charge in [0.2, 0.25) is 0 Å². The zero-order valence-corrected chi connectivity index (χ0v) is 7.86. The zero-order valence-electron chi connectivity index (χ0n) is 7.86. The molecule has 0 aliphatic heterocycles. The van der Waals surface area contributed by atoms with Gasteiger partial charge in [0.05, 0.1) is 20.1 Å². The first-order valence-electron chi connectivity index (χ1n) is 4.14. The van der Waals surface area contributed by atoms with Crippen molar-refractivity contribution in [2.45, 2.75) is 13.5 Å². The lowest BCUT2D eigenvalue weighted by molar-refractivity contribution is -0.675. The SMILES string of the molecule is CCn1cc[n+](C)c1OC(=O)CN. The van der Waals surface area contributed by atoms with Gasteiger partial charge in [0, 0.05) is 0 Å². The second-order valence-electron chi connectivity index (χ2n) is 2.66. The molecule has 0 atom stereocenters. The van der Waals surface area contributed by atoms with E-state index in [1.165, 1.54) is 0 Å². The Balaban J connectivity index is 2.85. The van der Waals surface area contributed by atoms with Crippen LogP contribution < -0.4 is 15.0 Å². The molecule has 0 spiro atoms. The highest BCUT2D eigenvalue weighted by Crippen LogP contribution is 2.03. The summed E-state index contributed by atoms with van der Waals surface area (Å²) in [5.41, 5.74) is 5.14. The van der Waals surface area contributed by atoms with E-state index in [2.05, 4.69) is 0 Å². The minimum Gasteiger partial charge on any atom is -0.356 e. The molecular formula is C8H14N3O2+. The van der Waals surface area contributed by atoms with E-state index in [9.17, 15) is 4.79 Å². The van der Waals surface area contributed by atoms with Crippen LogP contribution in [0.1, 0.15) is 6.92 Å². The van der Waals surface area contributed by atoms with Gasteiger partial charge in [-0.3, -0.25) is 4.79 Å². The van der Waals surface area contributed by atoms with Crippen LogP contribution in [0.3, 0.4) is 0 Å². The molecule has 0 amide bonds. The van der Waals surface area contributed by atoms with Gasteiger partial charge in [0.25, 0.3) is 0 Å². The molecule has 0 fully saturated rings. The standard InChI is InChI=1S/C8H14N3O2/c1-3-11-5-4-10(2)8(11)13-7(12)6-9/h4-5H,3,6,9H2,1-2H3/q+1. The van der Waals surface area contributed by atoms with Crippen LogP contribution in [-0.4, -0.2) is 17.1 Å². The molecule has 0 saturated carbocycles. The predicted molar refractivity (Wildman–Crippen MR) is 46.0 cm³/mol. The molecule has 1 rings (SSSR count). The van der Waals surface area contributed by atoms with E-state index in [0.717, 1.165) is 6.54 Å². The van der Waals surface area contributed by atoms with Gasteiger partial charge in [-0.1, -0.05) is 0 Å². The Labute approximate surface area is 76.7 Å². The number of hydrogen-bond acceptors (Lipinski definition) is 3. The number of carbonyl (C=O) groups is 1. The van der Waals surface area contributed by atoms with Crippen molar-refractivity contribution in [3.05, 3.63) is 12.4 Å². The minimum atomic E-state index is -0.427. The number of nitrogens with two attached hydrogens (primary N) is 1. The fourth-order valence-electron chi connectivity index (χ4n) is 1.03. The molecule has 13 heavy (non-hydrogen) atoms. The molecule has 0 unspecified atom stereocenters. The van der Waals surface area contributed by atoms with E-state index >= 15 is 0 Å². The summed E-state index contributed by atoms with van der Waals surface area (Å²) in [5.74, 6) is -0.427. The van der Waals surface area contributed by atoms with Gasteiger partial charge in [0.15, 0.2) is 0 Å². The summed E-state index contributed by atoms with van der Waals surface area (Å²) in [6, 6.07) is 0.512. The van der Waals surface area contributed by atoms with E-state index < -0.39 is 5.97 Å². The van der Waals surface area contributed by atoms with E-state index in [4.69, 9.17) is 10.5 Å². The molecule has 0 bridgehead atoms. The molecule has 0 saturated heterocycles. The zero-order chi connectivity index (χ0) is 9.84. The van der Waals surface area contributed by atoms with Crippen molar-refractivity contribution in [3.63, 3.8) is 0 Å². The maximum absolute atomic E-state index is 10.9. The fourth-order valence-corrected chi connectivity index (χ4v) is 1.03. The van der Waals surface area contributed by atoms with Gasteiger partial charge in [-0.15, -0.1) is 0 Å². The molecular weight excluding hydrogens is 170 g/mol. The van der Waals surface area contributed by atoms with Crippen molar-refractivity contribution in [1.29, 1.82) is 0 Å². The Morgan fingerprint density at radius 3 is 3.00 bits per heavy atom. The fraction of sp³-hybridized carbons (Fsp3) is 0.500. The average molecular weight is 184 g/mol. The third-order valence-electron chi connectivity index (χ3n) is 1.73. The second-order valence-corrected chi connectivity index (χ2v) is 2.66. The average Bonchev–Trinajstić information content (AvgIpc) is 2.48. The summed E-state index contributed by atoms with van der Waals surface area (Å²) in [5, 5.41) is 0. The summed E-state index contributed by atoms with van der Waals surface area (Å²) in [6.45, 7) is 2.63. The molecule has 2 N–H and O–H groups in total. The highest BCUT2D eigenvalue weighted by Gasteiger charge is 2.17. The molecule has 0 aliphatic rings. The van der Waals surface area contributed by atoms with E-state index in [1.807, 2.05) is 30.9 Å². The van der Waals surface area contributed by atoms with Gasteiger partial charge < -0.3 is 10.5 Å². The van der Waals surface area contributed by atoms with Crippen molar-refractivity contribution in [2.75, 3.05) is 6.54 Å². The van der Waals surface area contributed by atoms with Crippen LogP contribution in [0, 0.1) is 0 Å². The number of esters is 1. The summed E-state index contributed by atoms with van der Waals surface area (Å²) >= 11 is 0. The molecule has 5 heteroatoms. The van der Waals surface area contributed by atoms with E-state index in [1.54, 1.807) is 4.57 Å². The van der Waals surface area contributed by atoms with Crippen LogP contribution in [0.2, 0.25) is 0 Å². The lowest BCUT2D eigenvalue weighted by atomic mass is 10.7. The van der Waals surface area contributed by atoms with Crippen molar-refractivity contribution in [2.24, 2.45) is 12.8 Å². The van der Waals surface area contributed by atoms with Crippen molar-refractivity contribution < 1.29 is 14.1 Å². The maximum atomic E-state index is 10.9. The van der Waals surface area contributed by atoms with Gasteiger partial charge in [-0.2, -0.15) is 9.13 Å². The summed E-state index contributed by atoms with van der Waals surface area (Å²) in [7, 11) is 1.81. The lowest BCUT2D eigenvalue weighted by Crippen LogP contribution is -2.32. The number of hydrogen-bond donors (Lipinski definition) is 1. The van der Waals surface area contributed by atoms with Crippen LogP contribution in [0.25, 0.3) is 0 Å². The number of aryl methyl sites for hydroxylation is 2. The van der Waals surface area contributed by atoms with Crippen molar-refractivity contribution in [1.82, 2.24) is 4.57 Å². The highest BCUT2D eigenvalue weighted by atomic mass is 16.6. The molecule has 0 aromatic carbocycles. The maximum Gasteiger partial charge on any atom is 0.463 e. The molecule has 5 nitrogen and oxygen atoms in total. The van der Waals surface area contributed by atoms with Crippen LogP contribution in [0.15, 0.2) is 12.4 Å². The quantitative estimate of drug-likeness (QED) is 0.494. The summed E-state index contributed by atoms with van der Waals surface area (Å²) in [4.78, 5) is 10.9. The molecule has 0 radical (unpaired) electrons. The monoisotopic (exact) mass is 184 g/mol. The third kappa shape index (κ3) is 2.06. The number of imidazole rings is 1. The molecule has 1 aromatic rings. The Kier molecular flexibility index (Phi) is 3.02. The van der Waals surface area contributed by atoms with Crippen LogP contribution >= 0.6 is 0 Å². The number of aromatic nitrogens is 2. The number of rotatable bonds is 3. The topological polar surface area (TPSA) is 61.1 Å². The van der Waals surface area contributed by atoms with Crippen LogP contribution in [-0.2, 0) is 18.4 Å². The third-order valence-corrected chi connectivity index (χ3v) is 1.73. The van der Waals surface area contributed by atoms with Crippen molar-refractivity contribution in [3.8, 4) is 6.01 Å². The molecule has 0 aliphatic carbocycles. The first kappa shape index (κ1) is 9.73. The Morgan fingerprint density at radius 1 is 1.77 bits per heavy atom. The highest BCUT2D eigenvalue weighted by molar-refractivity contribution is 5.73. The first-order valence-corrected chi connectivity index (χ1v) is 4.14. The van der Waals surface area contributed by atoms with Gasteiger partial charge >= 0.3 is 12.0 Å². The smallest absolute Gasteiger partial charge is 0.356 e. The van der Waals surface area contributed by atoms with Gasteiger partial charge in [-0.05, 0) is 6.92 Å². The molecule has 1 aromatic heterocycles. The largest absolute Gasteiger partial charge is 0.463 e. The number of carbonyl (C=O) groups excluding carboxylic acids is 1. The second kappa shape index (κ2) is 4.04. The predicted octanol–water partition coefficient (Wildman–Crippen LogP) is -0.803.